The van der Waals surface area contributed by atoms with Crippen molar-refractivity contribution in [2.75, 3.05) is 12.6 Å². The van der Waals surface area contributed by atoms with Crippen LogP contribution < -0.4 is 5.32 Å². The molecule has 5 nitrogen and oxygen atoms in total. The van der Waals surface area contributed by atoms with Gasteiger partial charge in [0.2, 0.25) is 0 Å². The normalized spacial score (nSPS) is 13.6. The third kappa shape index (κ3) is 7.93. The number of amides is 1. The lowest BCUT2D eigenvalue weighted by Gasteiger charge is -2.29. The zero-order valence-corrected chi connectivity index (χ0v) is 13.3. The number of hydrogen-bond acceptors (Lipinski definition) is 4. The van der Waals surface area contributed by atoms with E-state index < -0.39 is 23.6 Å². The second kappa shape index (κ2) is 6.98. The Morgan fingerprint density at radius 3 is 2.05 bits per heavy atom. The second-order valence-corrected chi connectivity index (χ2v) is 6.59. The molecule has 1 atom stereocenters. The van der Waals surface area contributed by atoms with Gasteiger partial charge in [-0.25, -0.2) is 4.79 Å². The Bertz CT molecular complexity index is 318. The topological polar surface area (TPSA) is 64.6 Å². The fourth-order valence-electron chi connectivity index (χ4n) is 1.40. The first-order valence-electron chi connectivity index (χ1n) is 6.17. The van der Waals surface area contributed by atoms with E-state index in [9.17, 15) is 9.59 Å². The molecule has 0 saturated heterocycles. The van der Waals surface area contributed by atoms with Crippen molar-refractivity contribution in [2.45, 2.75) is 47.1 Å². The van der Waals surface area contributed by atoms with Gasteiger partial charge in [-0.1, -0.05) is 32.4 Å². The number of ether oxygens (including phenoxy) is 2. The highest BCUT2D eigenvalue weighted by Gasteiger charge is 2.33. The fourth-order valence-corrected chi connectivity index (χ4v) is 1.50. The Hall–Kier alpha value is -0.970. The molecule has 19 heavy (non-hydrogen) atoms. The van der Waals surface area contributed by atoms with Crippen LogP contribution in [0.4, 0.5) is 4.79 Å². The van der Waals surface area contributed by atoms with Gasteiger partial charge in [-0.05, 0) is 26.2 Å². The quantitative estimate of drug-likeness (QED) is 0.639. The molecule has 0 heterocycles. The molecule has 1 amide bonds. The highest BCUT2D eigenvalue weighted by molar-refractivity contribution is 6.17. The SMILES string of the molecule is CC(C)(C)OC(=O)NCC(C(=O)OCCl)C(C)(C)C. The molecule has 1 unspecified atom stereocenters. The fraction of sp³-hybridized carbons (Fsp3) is 0.846. The van der Waals surface area contributed by atoms with E-state index in [1.54, 1.807) is 20.8 Å². The lowest BCUT2D eigenvalue weighted by molar-refractivity contribution is -0.149. The van der Waals surface area contributed by atoms with E-state index in [1.807, 2.05) is 20.8 Å². The van der Waals surface area contributed by atoms with Crippen molar-refractivity contribution in [1.29, 1.82) is 0 Å². The summed E-state index contributed by atoms with van der Waals surface area (Å²) in [5.74, 6) is -0.919. The minimum atomic E-state index is -0.571. The predicted molar refractivity (Wildman–Crippen MR) is 74.0 cm³/mol. The van der Waals surface area contributed by atoms with Crippen LogP contribution in [0.25, 0.3) is 0 Å². The Morgan fingerprint density at radius 2 is 1.68 bits per heavy atom. The van der Waals surface area contributed by atoms with Gasteiger partial charge in [0.15, 0.2) is 6.07 Å². The number of alkyl halides is 1. The van der Waals surface area contributed by atoms with Crippen molar-refractivity contribution in [3.63, 3.8) is 0 Å². The number of esters is 1. The molecule has 0 aliphatic carbocycles. The van der Waals surface area contributed by atoms with Crippen LogP contribution in [0.2, 0.25) is 0 Å². The number of rotatable bonds is 4. The third-order valence-electron chi connectivity index (χ3n) is 2.38. The van der Waals surface area contributed by atoms with Gasteiger partial charge in [0.05, 0.1) is 5.92 Å². The van der Waals surface area contributed by atoms with Gasteiger partial charge < -0.3 is 14.8 Å². The molecular weight excluding hydrogens is 270 g/mol. The van der Waals surface area contributed by atoms with E-state index in [1.165, 1.54) is 0 Å². The van der Waals surface area contributed by atoms with Crippen molar-refractivity contribution in [3.05, 3.63) is 0 Å². The largest absolute Gasteiger partial charge is 0.449 e. The Morgan fingerprint density at radius 1 is 1.16 bits per heavy atom. The van der Waals surface area contributed by atoms with Crippen LogP contribution in [0, 0.1) is 11.3 Å². The summed E-state index contributed by atoms with van der Waals surface area (Å²) in [6.45, 7) is 11.1. The van der Waals surface area contributed by atoms with Gasteiger partial charge >= 0.3 is 12.1 Å². The number of halogens is 1. The average Bonchev–Trinajstić information content (AvgIpc) is 2.12. The molecule has 0 aromatic carbocycles. The minimum absolute atomic E-state index is 0.147. The highest BCUT2D eigenvalue weighted by atomic mass is 35.5. The summed E-state index contributed by atoms with van der Waals surface area (Å²) in [6, 6.07) is -0.197. The zero-order valence-electron chi connectivity index (χ0n) is 12.5. The van der Waals surface area contributed by atoms with Crippen LogP contribution in [-0.2, 0) is 14.3 Å². The number of nitrogens with one attached hydrogen (secondary N) is 1. The summed E-state index contributed by atoms with van der Waals surface area (Å²) < 4.78 is 9.91. The van der Waals surface area contributed by atoms with Crippen LogP contribution in [-0.4, -0.2) is 30.3 Å². The molecule has 0 aliphatic rings. The molecule has 0 rings (SSSR count). The average molecular weight is 294 g/mol. The summed E-state index contributed by atoms with van der Waals surface area (Å²) in [4.78, 5) is 23.3. The summed E-state index contributed by atoms with van der Waals surface area (Å²) in [6.07, 6.45) is -0.555. The van der Waals surface area contributed by atoms with E-state index in [0.29, 0.717) is 0 Å². The summed E-state index contributed by atoms with van der Waals surface area (Å²) in [7, 11) is 0. The van der Waals surface area contributed by atoms with E-state index >= 15 is 0 Å². The molecule has 0 fully saturated rings. The second-order valence-electron chi connectivity index (χ2n) is 6.37. The molecular formula is C13H24ClNO4. The lowest BCUT2D eigenvalue weighted by atomic mass is 9.80. The maximum Gasteiger partial charge on any atom is 0.407 e. The van der Waals surface area contributed by atoms with Crippen LogP contribution in [0.15, 0.2) is 0 Å². The summed E-state index contributed by atoms with van der Waals surface area (Å²) >= 11 is 5.39. The van der Waals surface area contributed by atoms with Gasteiger partial charge in [-0.3, -0.25) is 4.79 Å². The van der Waals surface area contributed by atoms with Crippen molar-refractivity contribution >= 4 is 23.7 Å². The van der Waals surface area contributed by atoms with Gasteiger partial charge in [0.1, 0.15) is 5.60 Å². The van der Waals surface area contributed by atoms with Gasteiger partial charge in [-0.2, -0.15) is 0 Å². The molecule has 0 aliphatic heterocycles. The summed E-state index contributed by atoms with van der Waals surface area (Å²) in [5.41, 5.74) is -0.921. The lowest BCUT2D eigenvalue weighted by Crippen LogP contribution is -2.42. The number of hydrogen-bond donors (Lipinski definition) is 1. The monoisotopic (exact) mass is 293 g/mol. The Labute approximate surface area is 120 Å². The van der Waals surface area contributed by atoms with Crippen LogP contribution in [0.3, 0.4) is 0 Å². The molecule has 0 bridgehead atoms. The molecule has 1 N–H and O–H groups in total. The molecule has 0 radical (unpaired) electrons. The van der Waals surface area contributed by atoms with Crippen LogP contribution >= 0.6 is 11.6 Å². The van der Waals surface area contributed by atoms with Crippen LogP contribution in [0.1, 0.15) is 41.5 Å². The van der Waals surface area contributed by atoms with Crippen LogP contribution in [0.5, 0.6) is 0 Å². The van der Waals surface area contributed by atoms with Crippen molar-refractivity contribution in [3.8, 4) is 0 Å². The number of carbonyl (C=O) groups excluding carboxylic acids is 2. The highest BCUT2D eigenvalue weighted by Crippen LogP contribution is 2.26. The molecule has 0 saturated carbocycles. The van der Waals surface area contributed by atoms with Gasteiger partial charge in [0, 0.05) is 6.54 Å². The minimum Gasteiger partial charge on any atom is -0.449 e. The third-order valence-corrected chi connectivity index (χ3v) is 2.49. The van der Waals surface area contributed by atoms with Crippen molar-refractivity contribution < 1.29 is 19.1 Å². The molecule has 0 aromatic heterocycles. The molecule has 0 aromatic rings. The van der Waals surface area contributed by atoms with Gasteiger partial charge in [-0.15, -0.1) is 0 Å². The van der Waals surface area contributed by atoms with E-state index in [4.69, 9.17) is 21.1 Å². The van der Waals surface area contributed by atoms with E-state index in [0.717, 1.165) is 0 Å². The molecule has 112 valence electrons. The standard InChI is InChI=1S/C13H24ClNO4/c1-12(2,3)9(10(16)18-8-14)7-15-11(17)19-13(4,5)6/h9H,7-8H2,1-6H3,(H,15,17). The van der Waals surface area contributed by atoms with Crippen molar-refractivity contribution in [1.82, 2.24) is 5.32 Å². The number of alkyl carbamates (subject to hydrolysis) is 1. The first kappa shape index (κ1) is 18.0. The van der Waals surface area contributed by atoms with Crippen molar-refractivity contribution in [2.24, 2.45) is 11.3 Å². The maximum atomic E-state index is 11.8. The molecule has 0 spiro atoms. The Kier molecular flexibility index (Phi) is 6.63. The molecule has 6 heteroatoms. The van der Waals surface area contributed by atoms with E-state index in [-0.39, 0.29) is 18.0 Å². The number of carbonyl (C=O) groups is 2. The first-order chi connectivity index (χ1) is 8.47. The maximum absolute atomic E-state index is 11.8. The summed E-state index contributed by atoms with van der Waals surface area (Å²) in [5, 5.41) is 2.58. The first-order valence-corrected chi connectivity index (χ1v) is 6.70. The smallest absolute Gasteiger partial charge is 0.407 e. The zero-order chi connectivity index (χ0) is 15.3. The Balaban J connectivity index is 4.52. The van der Waals surface area contributed by atoms with Gasteiger partial charge in [0.25, 0.3) is 0 Å². The van der Waals surface area contributed by atoms with E-state index in [2.05, 4.69) is 5.32 Å². The predicted octanol–water partition coefficient (Wildman–Crippen LogP) is 2.91.